The molecule has 0 bridgehead atoms. The molecule has 0 spiro atoms. The van der Waals surface area contributed by atoms with E-state index in [1.807, 2.05) is 42.5 Å². The molecule has 0 saturated heterocycles. The van der Waals surface area contributed by atoms with Crippen molar-refractivity contribution in [1.82, 2.24) is 20.5 Å². The van der Waals surface area contributed by atoms with E-state index in [0.717, 1.165) is 36.1 Å². The molecule has 0 aliphatic heterocycles. The number of hydrogen-bond donors (Lipinski definition) is 2. The molecule has 0 unspecified atom stereocenters. The molecule has 202 valence electrons. The van der Waals surface area contributed by atoms with Gasteiger partial charge in [0.15, 0.2) is 0 Å². The zero-order chi connectivity index (χ0) is 27.5. The minimum absolute atomic E-state index is 0.0926. The van der Waals surface area contributed by atoms with Gasteiger partial charge in [0.2, 0.25) is 5.89 Å². The second-order valence-electron chi connectivity index (χ2n) is 8.98. The lowest BCUT2D eigenvalue weighted by Gasteiger charge is -2.21. The third-order valence-electron chi connectivity index (χ3n) is 6.12. The van der Waals surface area contributed by atoms with Gasteiger partial charge < -0.3 is 19.8 Å². The maximum atomic E-state index is 12.4. The van der Waals surface area contributed by atoms with Gasteiger partial charge in [-0.25, -0.2) is 0 Å². The van der Waals surface area contributed by atoms with Crippen molar-refractivity contribution in [3.8, 4) is 23.0 Å². The quantitative estimate of drug-likeness (QED) is 0.209. The zero-order valence-corrected chi connectivity index (χ0v) is 22.2. The first-order valence-corrected chi connectivity index (χ1v) is 13.2. The molecule has 2 aromatic heterocycles. The minimum Gasteiger partial charge on any atom is -0.466 e. The third-order valence-corrected chi connectivity index (χ3v) is 6.12. The van der Waals surface area contributed by atoms with Crippen LogP contribution in [-0.2, 0) is 9.53 Å². The summed E-state index contributed by atoms with van der Waals surface area (Å²) >= 11 is 0. The van der Waals surface area contributed by atoms with Crippen LogP contribution in [0.4, 0.5) is 5.69 Å². The molecule has 2 N–H and O–H groups in total. The highest BCUT2D eigenvalue weighted by Crippen LogP contribution is 2.28. The Morgan fingerprint density at radius 2 is 1.72 bits per heavy atom. The second kappa shape index (κ2) is 13.9. The van der Waals surface area contributed by atoms with Crippen LogP contribution in [-0.4, -0.2) is 40.2 Å². The van der Waals surface area contributed by atoms with E-state index >= 15 is 0 Å². The predicted molar refractivity (Wildman–Crippen MR) is 149 cm³/mol. The average molecular weight is 528 g/mol. The number of hydrogen-bond acceptors (Lipinski definition) is 8. The summed E-state index contributed by atoms with van der Waals surface area (Å²) in [6, 6.07) is 21.1. The smallest absolute Gasteiger partial charge is 0.307 e. The van der Waals surface area contributed by atoms with Crippen LogP contribution in [0.1, 0.15) is 61.5 Å². The highest BCUT2D eigenvalue weighted by molar-refractivity contribution is 5.94. The first-order chi connectivity index (χ1) is 19.1. The van der Waals surface area contributed by atoms with E-state index < -0.39 is 0 Å². The van der Waals surface area contributed by atoms with Gasteiger partial charge in [0.25, 0.3) is 11.8 Å². The van der Waals surface area contributed by atoms with Gasteiger partial charge in [-0.15, -0.1) is 10.2 Å². The lowest BCUT2D eigenvalue weighted by atomic mass is 9.99. The first kappa shape index (κ1) is 27.5. The maximum absolute atomic E-state index is 12.4. The molecule has 1 atom stereocenters. The number of carbonyl (C=O) groups excluding carboxylic acids is 2. The third kappa shape index (κ3) is 7.73. The van der Waals surface area contributed by atoms with Crippen molar-refractivity contribution in [1.29, 1.82) is 0 Å². The summed E-state index contributed by atoms with van der Waals surface area (Å²) in [5.74, 6) is 0.274. The Bertz CT molecular complexity index is 1340. The number of ether oxygens (including phenoxy) is 1. The summed E-state index contributed by atoms with van der Waals surface area (Å²) in [5, 5.41) is 14.7. The average Bonchev–Trinajstić information content (AvgIpc) is 3.47. The monoisotopic (exact) mass is 527 g/mol. The molecule has 0 saturated carbocycles. The predicted octanol–water partition coefficient (Wildman–Crippen LogP) is 5.83. The Morgan fingerprint density at radius 3 is 2.41 bits per heavy atom. The Balaban J connectivity index is 1.39. The Hall–Kier alpha value is -4.53. The number of aromatic nitrogens is 3. The summed E-state index contributed by atoms with van der Waals surface area (Å²) in [6.07, 6.45) is 4.94. The van der Waals surface area contributed by atoms with Crippen LogP contribution in [0.2, 0.25) is 0 Å². The van der Waals surface area contributed by atoms with E-state index in [-0.39, 0.29) is 30.9 Å². The number of pyridine rings is 1. The molecule has 1 amide bonds. The Kier molecular flexibility index (Phi) is 9.77. The molecule has 9 nitrogen and oxygen atoms in total. The highest BCUT2D eigenvalue weighted by atomic mass is 16.5. The molecule has 39 heavy (non-hydrogen) atoms. The number of benzene rings is 2. The largest absolute Gasteiger partial charge is 0.466 e. The summed E-state index contributed by atoms with van der Waals surface area (Å²) in [6.45, 7) is 4.49. The van der Waals surface area contributed by atoms with Crippen LogP contribution in [0.25, 0.3) is 23.0 Å². The van der Waals surface area contributed by atoms with Crippen LogP contribution in [0, 0.1) is 0 Å². The van der Waals surface area contributed by atoms with Crippen LogP contribution >= 0.6 is 0 Å². The van der Waals surface area contributed by atoms with Gasteiger partial charge in [-0.1, -0.05) is 38.0 Å². The Morgan fingerprint density at radius 1 is 0.949 bits per heavy atom. The van der Waals surface area contributed by atoms with Gasteiger partial charge in [-0.2, -0.15) is 0 Å². The van der Waals surface area contributed by atoms with E-state index in [9.17, 15) is 9.59 Å². The molecule has 4 aromatic rings. The van der Waals surface area contributed by atoms with Gasteiger partial charge in [0.05, 0.1) is 19.1 Å². The first-order valence-electron chi connectivity index (χ1n) is 13.2. The molecule has 9 heteroatoms. The van der Waals surface area contributed by atoms with Gasteiger partial charge in [-0.3, -0.25) is 14.6 Å². The number of rotatable bonds is 13. The van der Waals surface area contributed by atoms with Gasteiger partial charge >= 0.3 is 5.97 Å². The van der Waals surface area contributed by atoms with Gasteiger partial charge in [0, 0.05) is 29.6 Å². The number of nitrogens with one attached hydrogen (secondary N) is 2. The number of unbranched alkanes of at least 4 members (excludes halogenated alkanes) is 1. The summed E-state index contributed by atoms with van der Waals surface area (Å²) in [4.78, 5) is 28.1. The lowest BCUT2D eigenvalue weighted by Crippen LogP contribution is -2.26. The molecular weight excluding hydrogens is 494 g/mol. The number of esters is 1. The minimum atomic E-state index is -0.324. The number of carbonyl (C=O) groups is 2. The zero-order valence-electron chi connectivity index (χ0n) is 22.2. The van der Waals surface area contributed by atoms with Crippen molar-refractivity contribution in [2.75, 3.05) is 18.5 Å². The molecule has 0 aliphatic rings. The molecular formula is C30H33N5O4. The number of nitrogens with zero attached hydrogens (tertiary/aromatic N) is 3. The standard InChI is InChI=1S/C30H33N5O4/c1-3-5-8-25(33-24-16-14-22(15-17-24)28(37)32-20-18-27(36)38-4-2)21-10-12-23(13-11-21)29-34-35-30(39-29)26-9-6-7-19-31-26/h6-7,9-17,19,25,33H,3-5,8,18,20H2,1-2H3,(H,32,37)/t25-/m0/s1. The highest BCUT2D eigenvalue weighted by Gasteiger charge is 2.15. The van der Waals surface area contributed by atoms with E-state index in [4.69, 9.17) is 9.15 Å². The molecule has 4 rings (SSSR count). The lowest BCUT2D eigenvalue weighted by molar-refractivity contribution is -0.142. The SMILES string of the molecule is CCCC[C@H](Nc1ccc(C(=O)NCCC(=O)OCC)cc1)c1ccc(-c2nnc(-c3ccccn3)o2)cc1. The molecule has 2 aromatic carbocycles. The van der Waals surface area contributed by atoms with E-state index in [2.05, 4.69) is 44.9 Å². The van der Waals surface area contributed by atoms with E-state index in [1.165, 1.54) is 0 Å². The van der Waals surface area contributed by atoms with Crippen LogP contribution < -0.4 is 10.6 Å². The van der Waals surface area contributed by atoms with Crippen molar-refractivity contribution in [3.63, 3.8) is 0 Å². The maximum Gasteiger partial charge on any atom is 0.307 e. The van der Waals surface area contributed by atoms with Crippen LogP contribution in [0.15, 0.2) is 77.3 Å². The van der Waals surface area contributed by atoms with Crippen molar-refractivity contribution in [3.05, 3.63) is 84.1 Å². The van der Waals surface area contributed by atoms with E-state index in [1.54, 1.807) is 25.3 Å². The number of amides is 1. The molecule has 2 heterocycles. The fourth-order valence-corrected chi connectivity index (χ4v) is 4.05. The van der Waals surface area contributed by atoms with Crippen molar-refractivity contribution >= 4 is 17.6 Å². The van der Waals surface area contributed by atoms with Crippen LogP contribution in [0.3, 0.4) is 0 Å². The van der Waals surface area contributed by atoms with Gasteiger partial charge in [-0.05, 0) is 67.4 Å². The van der Waals surface area contributed by atoms with Crippen LogP contribution in [0.5, 0.6) is 0 Å². The number of anilines is 1. The van der Waals surface area contributed by atoms with Crippen molar-refractivity contribution in [2.24, 2.45) is 0 Å². The topological polar surface area (TPSA) is 119 Å². The molecule has 0 fully saturated rings. The van der Waals surface area contributed by atoms with Crippen molar-refractivity contribution < 1.29 is 18.7 Å². The molecule has 0 aliphatic carbocycles. The summed E-state index contributed by atoms with van der Waals surface area (Å²) < 4.78 is 10.7. The Labute approximate surface area is 228 Å². The van der Waals surface area contributed by atoms with E-state index in [0.29, 0.717) is 29.6 Å². The van der Waals surface area contributed by atoms with Gasteiger partial charge in [0.1, 0.15) is 5.69 Å². The summed E-state index contributed by atoms with van der Waals surface area (Å²) in [7, 11) is 0. The fraction of sp³-hybridized carbons (Fsp3) is 0.300. The fourth-order valence-electron chi connectivity index (χ4n) is 4.05. The molecule has 0 radical (unpaired) electrons. The summed E-state index contributed by atoms with van der Waals surface area (Å²) in [5.41, 5.74) is 4.05. The van der Waals surface area contributed by atoms with Crippen molar-refractivity contribution in [2.45, 2.75) is 45.6 Å². The second-order valence-corrected chi connectivity index (χ2v) is 8.98. The normalized spacial score (nSPS) is 11.5.